The topological polar surface area (TPSA) is 146 Å². The number of hydrogen-bond acceptors (Lipinski definition) is 10. The van der Waals surface area contributed by atoms with E-state index in [-0.39, 0.29) is 46.7 Å². The first-order valence-corrected chi connectivity index (χ1v) is 19.3. The molecule has 0 aliphatic carbocycles. The van der Waals surface area contributed by atoms with E-state index in [1.807, 2.05) is 60.4 Å². The third-order valence-corrected chi connectivity index (χ3v) is 11.1. The number of esters is 1. The molecule has 0 saturated carbocycles. The summed E-state index contributed by atoms with van der Waals surface area (Å²) in [5.74, 6) is 0.769. The summed E-state index contributed by atoms with van der Waals surface area (Å²) in [5.41, 5.74) is 3.24. The number of carbonyl (C=O) groups is 2. The highest BCUT2D eigenvalue weighted by atomic mass is 16.5. The lowest BCUT2D eigenvalue weighted by molar-refractivity contribution is -0.141. The van der Waals surface area contributed by atoms with Crippen molar-refractivity contribution in [2.45, 2.75) is 50.4 Å². The number of ether oxygens (including phenoxy) is 1. The van der Waals surface area contributed by atoms with Gasteiger partial charge in [0.05, 0.1) is 7.11 Å². The first kappa shape index (κ1) is 43.6. The molecule has 0 radical (unpaired) electrons. The number of rotatable bonds is 10. The zero-order valence-electron chi connectivity index (χ0n) is 33.6. The summed E-state index contributed by atoms with van der Waals surface area (Å²) in [6.45, 7) is 12.3. The Morgan fingerprint density at radius 1 is 0.554 bits per heavy atom. The maximum absolute atomic E-state index is 12.7. The standard InChI is InChI=1S/C22H28N2O3.C18H20O4.C5H12N2/c1-22(17-3-7-19(25)8-4-17,18-5-9-20(26)10-6-18)12-11-21(27)24-15-13-23(2)14-16-24;1-18(12-11-17(21)22-2,13-3-7-15(19)8-4-13)14-5-9-16(20)10-6-14;1-7-4-2-6-3-5-7/h3-10,25-26H,11-16H2,1-2H3;3-10,19-20H,11-12H2,1-2H3;6H,2-5H2,1H3. The predicted molar refractivity (Wildman–Crippen MR) is 220 cm³/mol. The molecular weight excluding hydrogens is 709 g/mol. The molecule has 11 nitrogen and oxygen atoms in total. The summed E-state index contributed by atoms with van der Waals surface area (Å²) in [6, 6.07) is 28.2. The van der Waals surface area contributed by atoms with Crippen molar-refractivity contribution in [1.82, 2.24) is 20.0 Å². The second-order valence-corrected chi connectivity index (χ2v) is 15.2. The molecule has 4 aromatic rings. The number of methoxy groups -OCH3 is 1. The Bertz CT molecular complexity index is 1690. The van der Waals surface area contributed by atoms with Crippen LogP contribution in [0.1, 0.15) is 61.8 Å². The van der Waals surface area contributed by atoms with Gasteiger partial charge >= 0.3 is 5.97 Å². The van der Waals surface area contributed by atoms with Crippen molar-refractivity contribution in [2.24, 2.45) is 0 Å². The lowest BCUT2D eigenvalue weighted by Crippen LogP contribution is -2.47. The van der Waals surface area contributed by atoms with Crippen LogP contribution in [-0.4, -0.2) is 121 Å². The summed E-state index contributed by atoms with van der Waals surface area (Å²) in [5, 5.41) is 41.5. The van der Waals surface area contributed by atoms with Crippen LogP contribution >= 0.6 is 0 Å². The minimum atomic E-state index is -0.421. The smallest absolute Gasteiger partial charge is 0.305 e. The van der Waals surface area contributed by atoms with Crippen molar-refractivity contribution >= 4 is 11.9 Å². The maximum atomic E-state index is 12.7. The van der Waals surface area contributed by atoms with E-state index in [4.69, 9.17) is 4.74 Å². The average molecular weight is 769 g/mol. The first-order chi connectivity index (χ1) is 26.7. The number of nitrogens with zero attached hydrogens (tertiary/aromatic N) is 3. The van der Waals surface area contributed by atoms with E-state index in [0.29, 0.717) is 19.3 Å². The zero-order valence-corrected chi connectivity index (χ0v) is 33.6. The fourth-order valence-electron chi connectivity index (χ4n) is 7.03. The molecule has 4 aromatic carbocycles. The number of benzene rings is 4. The molecule has 0 aromatic heterocycles. The zero-order chi connectivity index (χ0) is 40.7. The van der Waals surface area contributed by atoms with Crippen molar-refractivity contribution in [1.29, 1.82) is 0 Å². The van der Waals surface area contributed by atoms with Crippen LogP contribution < -0.4 is 5.32 Å². The largest absolute Gasteiger partial charge is 0.508 e. The van der Waals surface area contributed by atoms with E-state index >= 15 is 0 Å². The first-order valence-electron chi connectivity index (χ1n) is 19.3. The number of carbonyl (C=O) groups excluding carboxylic acids is 2. The molecule has 0 bridgehead atoms. The Labute approximate surface area is 332 Å². The highest BCUT2D eigenvalue weighted by Gasteiger charge is 2.32. The summed E-state index contributed by atoms with van der Waals surface area (Å²) in [4.78, 5) is 30.8. The molecule has 2 aliphatic heterocycles. The second-order valence-electron chi connectivity index (χ2n) is 15.2. The molecule has 0 unspecified atom stereocenters. The van der Waals surface area contributed by atoms with Gasteiger partial charge in [-0.2, -0.15) is 0 Å². The van der Waals surface area contributed by atoms with Gasteiger partial charge in [-0.15, -0.1) is 0 Å². The molecule has 0 atom stereocenters. The number of phenols is 4. The Balaban J connectivity index is 0.000000215. The highest BCUT2D eigenvalue weighted by Crippen LogP contribution is 2.39. The van der Waals surface area contributed by atoms with Crippen molar-refractivity contribution in [2.75, 3.05) is 73.6 Å². The van der Waals surface area contributed by atoms with Crippen molar-refractivity contribution in [3.05, 3.63) is 119 Å². The molecule has 0 spiro atoms. The number of nitrogens with one attached hydrogen (secondary N) is 1. The molecule has 56 heavy (non-hydrogen) atoms. The molecule has 302 valence electrons. The Hall–Kier alpha value is -5.10. The van der Waals surface area contributed by atoms with Gasteiger partial charge < -0.3 is 45.2 Å². The van der Waals surface area contributed by atoms with Gasteiger partial charge in [0.15, 0.2) is 0 Å². The molecular formula is C45H60N4O7. The van der Waals surface area contributed by atoms with Gasteiger partial charge in [0.25, 0.3) is 0 Å². The lowest BCUT2D eigenvalue weighted by atomic mass is 9.73. The third kappa shape index (κ3) is 12.5. The van der Waals surface area contributed by atoms with Gasteiger partial charge in [0.2, 0.25) is 5.91 Å². The summed E-state index contributed by atoms with van der Waals surface area (Å²) in [7, 11) is 5.61. The minimum Gasteiger partial charge on any atom is -0.508 e. The highest BCUT2D eigenvalue weighted by molar-refractivity contribution is 5.76. The molecule has 2 heterocycles. The summed E-state index contributed by atoms with van der Waals surface area (Å²) >= 11 is 0. The third-order valence-electron chi connectivity index (χ3n) is 11.1. The van der Waals surface area contributed by atoms with Gasteiger partial charge in [-0.25, -0.2) is 0 Å². The van der Waals surface area contributed by atoms with E-state index in [0.717, 1.165) is 61.5 Å². The monoisotopic (exact) mass is 768 g/mol. The summed E-state index contributed by atoms with van der Waals surface area (Å²) < 4.78 is 4.74. The number of hydrogen-bond donors (Lipinski definition) is 5. The Morgan fingerprint density at radius 3 is 1.18 bits per heavy atom. The maximum Gasteiger partial charge on any atom is 0.305 e. The van der Waals surface area contributed by atoms with Crippen molar-refractivity contribution in [3.8, 4) is 23.0 Å². The van der Waals surface area contributed by atoms with Crippen LogP contribution in [0.3, 0.4) is 0 Å². The van der Waals surface area contributed by atoms with Gasteiger partial charge in [-0.1, -0.05) is 62.4 Å². The average Bonchev–Trinajstić information content (AvgIpc) is 3.21. The van der Waals surface area contributed by atoms with Crippen LogP contribution in [0.25, 0.3) is 0 Å². The fraction of sp³-hybridized carbons (Fsp3) is 0.422. The van der Waals surface area contributed by atoms with E-state index in [9.17, 15) is 30.0 Å². The van der Waals surface area contributed by atoms with E-state index in [1.165, 1.54) is 20.2 Å². The van der Waals surface area contributed by atoms with Crippen LogP contribution in [-0.2, 0) is 25.2 Å². The molecule has 1 amide bonds. The van der Waals surface area contributed by atoms with Gasteiger partial charge in [0, 0.05) is 76.0 Å². The van der Waals surface area contributed by atoms with Crippen LogP contribution in [0.5, 0.6) is 23.0 Å². The van der Waals surface area contributed by atoms with E-state index in [2.05, 4.69) is 36.1 Å². The Kier molecular flexibility index (Phi) is 16.1. The lowest BCUT2D eigenvalue weighted by Gasteiger charge is -2.35. The molecule has 2 aliphatic rings. The number of amides is 1. The normalized spacial score (nSPS) is 15.1. The molecule has 11 heteroatoms. The van der Waals surface area contributed by atoms with E-state index in [1.54, 1.807) is 48.5 Å². The SMILES string of the molecule is CN1CCN(C(=O)CCC(C)(c2ccc(O)cc2)c2ccc(O)cc2)CC1.CN1CCNCC1.COC(=O)CCC(C)(c1ccc(O)cc1)c1ccc(O)cc1. The fourth-order valence-corrected chi connectivity index (χ4v) is 7.03. The van der Waals surface area contributed by atoms with Crippen LogP contribution in [0.2, 0.25) is 0 Å². The van der Waals surface area contributed by atoms with Crippen LogP contribution in [0, 0.1) is 0 Å². The summed E-state index contributed by atoms with van der Waals surface area (Å²) in [6.07, 6.45) is 1.97. The van der Waals surface area contributed by atoms with Crippen molar-refractivity contribution in [3.63, 3.8) is 0 Å². The van der Waals surface area contributed by atoms with Crippen LogP contribution in [0.15, 0.2) is 97.1 Å². The van der Waals surface area contributed by atoms with Gasteiger partial charge in [-0.05, 0) is 97.7 Å². The molecule has 2 saturated heterocycles. The minimum absolute atomic E-state index is 0.187. The number of piperazine rings is 2. The number of likely N-dealkylation sites (N-methyl/N-ethyl adjacent to an activating group) is 2. The van der Waals surface area contributed by atoms with Gasteiger partial charge in [-0.3, -0.25) is 9.59 Å². The molecule has 5 N–H and O–H groups in total. The van der Waals surface area contributed by atoms with E-state index < -0.39 is 5.41 Å². The molecule has 2 fully saturated rings. The molecule has 6 rings (SSSR count). The number of phenolic OH excluding ortho intramolecular Hbond substituents is 4. The second kappa shape index (κ2) is 20.7. The predicted octanol–water partition coefficient (Wildman–Crippen LogP) is 5.84. The quantitative estimate of drug-likeness (QED) is 0.125. The Morgan fingerprint density at radius 2 is 0.875 bits per heavy atom. The van der Waals surface area contributed by atoms with Crippen LogP contribution in [0.4, 0.5) is 0 Å². The van der Waals surface area contributed by atoms with Gasteiger partial charge in [0.1, 0.15) is 23.0 Å². The van der Waals surface area contributed by atoms with Crippen molar-refractivity contribution < 1.29 is 34.8 Å². The number of aromatic hydroxyl groups is 4.